The van der Waals surface area contributed by atoms with Crippen molar-refractivity contribution in [1.82, 2.24) is 9.97 Å². The first-order chi connectivity index (χ1) is 8.91. The average Bonchev–Trinajstić information content (AvgIpc) is 2.37. The summed E-state index contributed by atoms with van der Waals surface area (Å²) in [5.74, 6) is 0. The van der Waals surface area contributed by atoms with Crippen molar-refractivity contribution in [3.05, 3.63) is 59.2 Å². The lowest BCUT2D eigenvalue weighted by atomic mass is 9.98. The number of nitrogens with zero attached hydrogens (tertiary/aromatic N) is 2. The third-order valence-corrected chi connectivity index (χ3v) is 2.84. The second-order valence-electron chi connectivity index (χ2n) is 4.14. The molecule has 2 N–H and O–H groups in total. The minimum absolute atomic E-state index is 0.0724. The predicted molar refractivity (Wildman–Crippen MR) is 64.2 cm³/mol. The Balaban J connectivity index is 2.51. The number of rotatable bonds is 2. The minimum Gasteiger partial charge on any atom is -0.319 e. The number of alkyl halides is 3. The Bertz CT molecular complexity index is 581. The van der Waals surface area contributed by atoms with Crippen molar-refractivity contribution in [3.63, 3.8) is 0 Å². The molecular formula is C13H12F3N3. The number of aromatic nitrogens is 2. The predicted octanol–water partition coefficient (Wildman–Crippen LogP) is 2.85. The first-order valence-electron chi connectivity index (χ1n) is 5.59. The van der Waals surface area contributed by atoms with Gasteiger partial charge in [-0.25, -0.2) is 0 Å². The molecule has 100 valence electrons. The normalized spacial score (nSPS) is 13.3. The zero-order chi connectivity index (χ0) is 14.0. The van der Waals surface area contributed by atoms with Crippen molar-refractivity contribution in [2.75, 3.05) is 0 Å². The Morgan fingerprint density at radius 1 is 1.21 bits per heavy atom. The summed E-state index contributed by atoms with van der Waals surface area (Å²) in [5.41, 5.74) is 6.22. The number of pyridine rings is 2. The van der Waals surface area contributed by atoms with Crippen molar-refractivity contribution >= 4 is 0 Å². The molecule has 0 bridgehead atoms. The highest BCUT2D eigenvalue weighted by molar-refractivity contribution is 5.36. The van der Waals surface area contributed by atoms with Crippen molar-refractivity contribution in [3.8, 4) is 0 Å². The van der Waals surface area contributed by atoms with Gasteiger partial charge in [0.1, 0.15) is 0 Å². The maximum Gasteiger partial charge on any atom is 0.416 e. The van der Waals surface area contributed by atoms with Gasteiger partial charge < -0.3 is 5.73 Å². The lowest BCUT2D eigenvalue weighted by Crippen LogP contribution is -2.20. The van der Waals surface area contributed by atoms with Gasteiger partial charge in [-0.1, -0.05) is 6.07 Å². The maximum absolute atomic E-state index is 12.9. The summed E-state index contributed by atoms with van der Waals surface area (Å²) in [6, 6.07) is 3.44. The van der Waals surface area contributed by atoms with Crippen LogP contribution in [0.5, 0.6) is 0 Å². The molecule has 0 saturated carbocycles. The van der Waals surface area contributed by atoms with Gasteiger partial charge in [0.2, 0.25) is 0 Å². The molecule has 2 aromatic rings. The Labute approximate surface area is 108 Å². The second kappa shape index (κ2) is 4.97. The van der Waals surface area contributed by atoms with E-state index in [0.717, 1.165) is 24.0 Å². The van der Waals surface area contributed by atoms with Crippen molar-refractivity contribution in [1.29, 1.82) is 0 Å². The lowest BCUT2D eigenvalue weighted by Gasteiger charge is -2.18. The highest BCUT2D eigenvalue weighted by Crippen LogP contribution is 2.35. The molecule has 2 heterocycles. The van der Waals surface area contributed by atoms with Crippen LogP contribution in [0.25, 0.3) is 0 Å². The molecule has 1 unspecified atom stereocenters. The van der Waals surface area contributed by atoms with Gasteiger partial charge >= 0.3 is 6.18 Å². The summed E-state index contributed by atoms with van der Waals surface area (Å²) in [6.07, 6.45) is -0.712. The molecule has 0 radical (unpaired) electrons. The molecule has 0 aliphatic heterocycles. The van der Waals surface area contributed by atoms with E-state index >= 15 is 0 Å². The molecule has 0 aliphatic carbocycles. The molecule has 2 rings (SSSR count). The molecule has 3 nitrogen and oxygen atoms in total. The van der Waals surface area contributed by atoms with Crippen LogP contribution in [0, 0.1) is 6.92 Å². The Morgan fingerprint density at radius 3 is 2.58 bits per heavy atom. The zero-order valence-corrected chi connectivity index (χ0v) is 10.1. The van der Waals surface area contributed by atoms with E-state index in [-0.39, 0.29) is 5.56 Å². The standard InChI is InChI=1S/C13H12F3N3/c1-8-3-2-5-19-12(8)11(17)9-7-18-6-4-10(9)13(14,15)16/h2-7,11H,17H2,1H3. The van der Waals surface area contributed by atoms with E-state index in [4.69, 9.17) is 5.73 Å². The monoisotopic (exact) mass is 267 g/mol. The molecule has 1 atom stereocenters. The van der Waals surface area contributed by atoms with Crippen LogP contribution in [0.1, 0.15) is 28.4 Å². The fraction of sp³-hybridized carbons (Fsp3) is 0.231. The fourth-order valence-electron chi connectivity index (χ4n) is 1.88. The topological polar surface area (TPSA) is 51.8 Å². The first kappa shape index (κ1) is 13.5. The number of hydrogen-bond donors (Lipinski definition) is 1. The molecule has 0 saturated heterocycles. The van der Waals surface area contributed by atoms with Gasteiger partial charge in [0.15, 0.2) is 0 Å². The fourth-order valence-corrected chi connectivity index (χ4v) is 1.88. The zero-order valence-electron chi connectivity index (χ0n) is 10.1. The maximum atomic E-state index is 12.9. The summed E-state index contributed by atoms with van der Waals surface area (Å²) < 4.78 is 38.8. The van der Waals surface area contributed by atoms with Crippen LogP contribution in [-0.2, 0) is 6.18 Å². The van der Waals surface area contributed by atoms with Crippen LogP contribution < -0.4 is 5.73 Å². The van der Waals surface area contributed by atoms with Crippen LogP contribution in [-0.4, -0.2) is 9.97 Å². The van der Waals surface area contributed by atoms with Crippen LogP contribution in [0.15, 0.2) is 36.8 Å². The second-order valence-corrected chi connectivity index (χ2v) is 4.14. The molecule has 0 fully saturated rings. The quantitative estimate of drug-likeness (QED) is 0.910. The van der Waals surface area contributed by atoms with Gasteiger partial charge in [-0.3, -0.25) is 9.97 Å². The number of hydrogen-bond acceptors (Lipinski definition) is 3. The molecule has 6 heteroatoms. The van der Waals surface area contributed by atoms with Crippen molar-refractivity contribution in [2.45, 2.75) is 19.1 Å². The summed E-state index contributed by atoms with van der Waals surface area (Å²) in [5, 5.41) is 0. The van der Waals surface area contributed by atoms with Gasteiger partial charge in [0.05, 0.1) is 17.3 Å². The molecular weight excluding hydrogens is 255 g/mol. The SMILES string of the molecule is Cc1cccnc1C(N)c1cnccc1C(F)(F)F. The van der Waals surface area contributed by atoms with Gasteiger partial charge in [-0.2, -0.15) is 13.2 Å². The average molecular weight is 267 g/mol. The third-order valence-electron chi connectivity index (χ3n) is 2.84. The first-order valence-corrected chi connectivity index (χ1v) is 5.59. The lowest BCUT2D eigenvalue weighted by molar-refractivity contribution is -0.138. The highest BCUT2D eigenvalue weighted by atomic mass is 19.4. The van der Waals surface area contributed by atoms with Gasteiger partial charge in [0, 0.05) is 24.2 Å². The molecule has 0 aromatic carbocycles. The number of halogens is 3. The molecule has 0 amide bonds. The van der Waals surface area contributed by atoms with E-state index in [9.17, 15) is 13.2 Å². The summed E-state index contributed by atoms with van der Waals surface area (Å²) in [6.45, 7) is 1.76. The summed E-state index contributed by atoms with van der Waals surface area (Å²) >= 11 is 0. The number of aryl methyl sites for hydroxylation is 1. The number of nitrogens with two attached hydrogens (primary N) is 1. The Morgan fingerprint density at radius 2 is 1.95 bits per heavy atom. The molecule has 19 heavy (non-hydrogen) atoms. The Hall–Kier alpha value is -1.95. The van der Waals surface area contributed by atoms with Crippen LogP contribution in [0.2, 0.25) is 0 Å². The molecule has 2 aromatic heterocycles. The minimum atomic E-state index is -4.46. The van der Waals surface area contributed by atoms with E-state index < -0.39 is 17.8 Å². The molecule has 0 aliphatic rings. The van der Waals surface area contributed by atoms with E-state index in [2.05, 4.69) is 9.97 Å². The van der Waals surface area contributed by atoms with E-state index in [1.807, 2.05) is 0 Å². The van der Waals surface area contributed by atoms with Gasteiger partial charge in [-0.15, -0.1) is 0 Å². The van der Waals surface area contributed by atoms with Crippen LogP contribution >= 0.6 is 0 Å². The van der Waals surface area contributed by atoms with E-state index in [0.29, 0.717) is 5.69 Å². The Kier molecular flexibility index (Phi) is 3.53. The third kappa shape index (κ3) is 2.73. The van der Waals surface area contributed by atoms with Crippen molar-refractivity contribution < 1.29 is 13.2 Å². The summed E-state index contributed by atoms with van der Waals surface area (Å²) in [7, 11) is 0. The highest BCUT2D eigenvalue weighted by Gasteiger charge is 2.35. The smallest absolute Gasteiger partial charge is 0.319 e. The van der Waals surface area contributed by atoms with Gasteiger partial charge in [0.25, 0.3) is 0 Å². The van der Waals surface area contributed by atoms with E-state index in [1.165, 1.54) is 6.20 Å². The largest absolute Gasteiger partial charge is 0.416 e. The van der Waals surface area contributed by atoms with Crippen molar-refractivity contribution in [2.24, 2.45) is 5.73 Å². The van der Waals surface area contributed by atoms with E-state index in [1.54, 1.807) is 19.1 Å². The van der Waals surface area contributed by atoms with Crippen LogP contribution in [0.3, 0.4) is 0 Å². The summed E-state index contributed by atoms with van der Waals surface area (Å²) in [4.78, 5) is 7.78. The molecule has 0 spiro atoms. The van der Waals surface area contributed by atoms with Crippen LogP contribution in [0.4, 0.5) is 13.2 Å². The van der Waals surface area contributed by atoms with Gasteiger partial charge in [-0.05, 0) is 24.6 Å².